The van der Waals surface area contributed by atoms with Gasteiger partial charge in [0.1, 0.15) is 16.4 Å². The third kappa shape index (κ3) is 6.93. The maximum Gasteiger partial charge on any atom is 0.410 e. The van der Waals surface area contributed by atoms with Crippen molar-refractivity contribution >= 4 is 46.1 Å². The molecule has 14 heteroatoms. The molecule has 2 aromatic heterocycles. The van der Waals surface area contributed by atoms with Crippen LogP contribution in [0.1, 0.15) is 55.4 Å². The lowest BCUT2D eigenvalue weighted by Crippen LogP contribution is -2.39. The zero-order chi connectivity index (χ0) is 29.9. The van der Waals surface area contributed by atoms with Gasteiger partial charge >= 0.3 is 12.1 Å². The lowest BCUT2D eigenvalue weighted by atomic mass is 10.0. The average Bonchev–Trinajstić information content (AvgIpc) is 3.46. The highest BCUT2D eigenvalue weighted by Gasteiger charge is 2.34. The fourth-order valence-electron chi connectivity index (χ4n) is 4.05. The Morgan fingerprint density at radius 3 is 2.61 bits per heavy atom. The quantitative estimate of drug-likeness (QED) is 0.229. The summed E-state index contributed by atoms with van der Waals surface area (Å²) in [6.07, 6.45) is -0.0428. The molecule has 1 N–H and O–H groups in total. The molecular weight excluding hydrogens is 572 g/mol. The lowest BCUT2D eigenvalue weighted by Gasteiger charge is -2.30. The van der Waals surface area contributed by atoms with Crippen molar-refractivity contribution in [1.82, 2.24) is 10.2 Å². The molecule has 3 aromatic rings. The SMILES string of the molecule is CCOC(=O)c1c(NC(=O)C(C)Sc2c([O-])on[n+]2-c2ccc(OC)cc2)sc2c1CCN(C(=O)OC(C)(C)C)C2. The molecule has 1 atom stereocenters. The highest BCUT2D eigenvalue weighted by Crippen LogP contribution is 2.39. The Morgan fingerprint density at radius 1 is 1.27 bits per heavy atom. The molecular formula is C27H32N4O8S2. The summed E-state index contributed by atoms with van der Waals surface area (Å²) in [4.78, 5) is 41.3. The van der Waals surface area contributed by atoms with Gasteiger partial charge in [-0.3, -0.25) is 4.79 Å². The van der Waals surface area contributed by atoms with E-state index >= 15 is 0 Å². The van der Waals surface area contributed by atoms with Gasteiger partial charge in [0, 0.05) is 23.6 Å². The number of hydrogen-bond donors (Lipinski definition) is 1. The van der Waals surface area contributed by atoms with Crippen LogP contribution >= 0.6 is 23.1 Å². The number of amides is 2. The highest BCUT2D eigenvalue weighted by molar-refractivity contribution is 8.00. The van der Waals surface area contributed by atoms with Gasteiger partial charge in [-0.15, -0.1) is 11.3 Å². The maximum atomic E-state index is 13.3. The average molecular weight is 605 g/mol. The van der Waals surface area contributed by atoms with E-state index in [2.05, 4.69) is 10.6 Å². The van der Waals surface area contributed by atoms with E-state index in [0.29, 0.717) is 29.4 Å². The minimum atomic E-state index is -0.765. The molecule has 0 bridgehead atoms. The number of carbonyl (C=O) groups excluding carboxylic acids is 3. The molecule has 3 heterocycles. The van der Waals surface area contributed by atoms with Crippen LogP contribution in [0.15, 0.2) is 33.8 Å². The second-order valence-electron chi connectivity index (χ2n) is 10.1. The molecule has 1 unspecified atom stereocenters. The van der Waals surface area contributed by atoms with Crippen molar-refractivity contribution in [2.24, 2.45) is 0 Å². The Labute approximate surface area is 245 Å². The van der Waals surface area contributed by atoms with Gasteiger partial charge in [0.15, 0.2) is 5.95 Å². The molecule has 0 saturated heterocycles. The first-order valence-electron chi connectivity index (χ1n) is 12.9. The third-order valence-corrected chi connectivity index (χ3v) is 8.23. The van der Waals surface area contributed by atoms with E-state index in [4.69, 9.17) is 18.7 Å². The Morgan fingerprint density at radius 2 is 1.98 bits per heavy atom. The van der Waals surface area contributed by atoms with Crippen molar-refractivity contribution in [2.45, 2.75) is 63.5 Å². The van der Waals surface area contributed by atoms with E-state index in [1.54, 1.807) is 70.9 Å². The van der Waals surface area contributed by atoms with E-state index in [0.717, 1.165) is 22.2 Å². The van der Waals surface area contributed by atoms with Gasteiger partial charge in [0.2, 0.25) is 11.6 Å². The van der Waals surface area contributed by atoms with Gasteiger partial charge in [-0.05, 0) is 75.2 Å². The second kappa shape index (κ2) is 12.4. The second-order valence-corrected chi connectivity index (χ2v) is 12.5. The topological polar surface area (TPSA) is 147 Å². The molecule has 1 aromatic carbocycles. The summed E-state index contributed by atoms with van der Waals surface area (Å²) in [5, 5.41) is 18.8. The monoisotopic (exact) mass is 604 g/mol. The van der Waals surface area contributed by atoms with E-state index in [9.17, 15) is 19.5 Å². The van der Waals surface area contributed by atoms with Gasteiger partial charge in [0.05, 0.1) is 36.3 Å². The number of hydrogen-bond acceptors (Lipinski definition) is 11. The standard InChI is InChI=1S/C27H32N4O8S2/c1-7-37-24(33)20-18-12-13-30(26(35)38-27(3,4)5)14-19(18)41-22(20)28-21(32)15(2)40-23-25(34)39-29-31(23)16-8-10-17(36-6)11-9-16/h8-11,15H,7,12-14H2,1-6H3,(H-,28,29,32,33,34). The number of anilines is 1. The molecule has 0 fully saturated rings. The van der Waals surface area contributed by atoms with E-state index in [-0.39, 0.29) is 23.7 Å². The maximum absolute atomic E-state index is 13.3. The molecule has 1 aliphatic rings. The summed E-state index contributed by atoms with van der Waals surface area (Å²) < 4.78 is 22.1. The van der Waals surface area contributed by atoms with Crippen LogP contribution in [0, 0.1) is 0 Å². The Kier molecular flexibility index (Phi) is 9.12. The van der Waals surface area contributed by atoms with Crippen molar-refractivity contribution in [3.63, 3.8) is 0 Å². The van der Waals surface area contributed by atoms with Crippen LogP contribution in [-0.4, -0.2) is 59.3 Å². The number of rotatable bonds is 8. The van der Waals surface area contributed by atoms with Gasteiger partial charge in [0.25, 0.3) is 5.03 Å². The summed E-state index contributed by atoms with van der Waals surface area (Å²) in [6, 6.07) is 6.84. The molecule has 41 heavy (non-hydrogen) atoms. The first-order chi connectivity index (χ1) is 19.4. The molecule has 0 spiro atoms. The predicted octanol–water partition coefficient (Wildman–Crippen LogP) is 3.68. The number of fused-ring (bicyclic) bond motifs is 1. The van der Waals surface area contributed by atoms with Crippen molar-refractivity contribution in [3.05, 3.63) is 40.3 Å². The minimum absolute atomic E-state index is 0.113. The van der Waals surface area contributed by atoms with E-state index in [1.807, 2.05) is 0 Å². The van der Waals surface area contributed by atoms with E-state index < -0.39 is 34.8 Å². The van der Waals surface area contributed by atoms with Crippen molar-refractivity contribution < 1.29 is 42.9 Å². The fourth-order valence-corrected chi connectivity index (χ4v) is 6.18. The van der Waals surface area contributed by atoms with Crippen molar-refractivity contribution in [2.75, 3.05) is 25.6 Å². The van der Waals surface area contributed by atoms with Crippen LogP contribution < -0.4 is 19.8 Å². The number of thiophene rings is 1. The molecule has 4 rings (SSSR count). The van der Waals surface area contributed by atoms with Crippen LogP contribution in [0.4, 0.5) is 9.80 Å². The van der Waals surface area contributed by atoms with Crippen LogP contribution in [0.2, 0.25) is 0 Å². The van der Waals surface area contributed by atoms with E-state index in [1.165, 1.54) is 16.0 Å². The normalized spacial score (nSPS) is 13.8. The Balaban J connectivity index is 1.54. The molecule has 220 valence electrons. The van der Waals surface area contributed by atoms with Crippen molar-refractivity contribution in [3.8, 4) is 17.4 Å². The van der Waals surface area contributed by atoms with Gasteiger partial charge < -0.3 is 34.1 Å². The number of carbonyl (C=O) groups is 3. The van der Waals surface area contributed by atoms with Crippen LogP contribution in [0.25, 0.3) is 5.69 Å². The molecule has 12 nitrogen and oxygen atoms in total. The zero-order valence-corrected chi connectivity index (χ0v) is 25.3. The van der Waals surface area contributed by atoms with Crippen LogP contribution in [0.3, 0.4) is 0 Å². The van der Waals surface area contributed by atoms with Gasteiger partial charge in [-0.1, -0.05) is 0 Å². The molecule has 1 aliphatic heterocycles. The first-order valence-corrected chi connectivity index (χ1v) is 14.6. The number of aromatic nitrogens is 2. The summed E-state index contributed by atoms with van der Waals surface area (Å²) in [5.74, 6) is -1.05. The molecule has 2 amide bonds. The molecule has 0 radical (unpaired) electrons. The molecule has 0 saturated carbocycles. The number of methoxy groups -OCH3 is 1. The number of nitrogens with one attached hydrogen (secondary N) is 1. The summed E-state index contributed by atoms with van der Waals surface area (Å²) >= 11 is 2.19. The van der Waals surface area contributed by atoms with Crippen LogP contribution in [0.5, 0.6) is 11.7 Å². The number of ether oxygens (including phenoxy) is 3. The number of thioether (sulfide) groups is 1. The van der Waals surface area contributed by atoms with Gasteiger partial charge in [-0.2, -0.15) is 0 Å². The largest absolute Gasteiger partial charge is 0.538 e. The molecule has 0 aliphatic carbocycles. The zero-order valence-electron chi connectivity index (χ0n) is 23.6. The number of nitrogens with zero attached hydrogens (tertiary/aromatic N) is 3. The smallest absolute Gasteiger partial charge is 0.410 e. The minimum Gasteiger partial charge on any atom is -0.538 e. The highest BCUT2D eigenvalue weighted by atomic mass is 32.2. The van der Waals surface area contributed by atoms with Crippen LogP contribution in [-0.2, 0) is 27.2 Å². The summed E-state index contributed by atoms with van der Waals surface area (Å²) in [7, 11) is 1.55. The number of esters is 1. The predicted molar refractivity (Wildman–Crippen MR) is 149 cm³/mol. The summed E-state index contributed by atoms with van der Waals surface area (Å²) in [6.45, 7) is 9.49. The Bertz CT molecular complexity index is 1430. The van der Waals surface area contributed by atoms with Gasteiger partial charge in [-0.25, -0.2) is 9.59 Å². The lowest BCUT2D eigenvalue weighted by molar-refractivity contribution is -0.705. The Hall–Kier alpha value is -3.78. The third-order valence-electron chi connectivity index (χ3n) is 5.97. The van der Waals surface area contributed by atoms with Crippen molar-refractivity contribution in [1.29, 1.82) is 0 Å². The summed E-state index contributed by atoms with van der Waals surface area (Å²) in [5.41, 5.74) is 0.929. The number of benzene rings is 1. The first kappa shape index (κ1) is 30.2. The fraction of sp³-hybridized carbons (Fsp3) is 0.444.